The molecule has 1 heterocycles. The zero-order valence-corrected chi connectivity index (χ0v) is 5.79. The highest BCUT2D eigenvalue weighted by Crippen LogP contribution is 2.26. The summed E-state index contributed by atoms with van der Waals surface area (Å²) in [5.41, 5.74) is -0.0710. The lowest BCUT2D eigenvalue weighted by atomic mass is 9.90. The Morgan fingerprint density at radius 3 is 2.70 bits per heavy atom. The van der Waals surface area contributed by atoms with Gasteiger partial charge >= 0.3 is 6.16 Å². The minimum absolute atomic E-state index is 0.0710. The van der Waals surface area contributed by atoms with E-state index in [1.807, 2.05) is 6.92 Å². The molecule has 0 aromatic carbocycles. The normalized spacial score (nSPS) is 21.3. The molecule has 0 bridgehead atoms. The maximum absolute atomic E-state index is 9.92. The Hall–Kier alpha value is -0.770. The maximum atomic E-state index is 9.92. The van der Waals surface area contributed by atoms with Crippen LogP contribution in [0.1, 0.15) is 6.92 Å². The van der Waals surface area contributed by atoms with Crippen molar-refractivity contribution in [3.05, 3.63) is 0 Å². The molecule has 0 atom stereocenters. The Balaban J connectivity index is 2.18. The Labute approximate surface area is 58.7 Å². The number of carbonyl (C=O) groups is 1. The molecule has 1 aliphatic heterocycles. The van der Waals surface area contributed by atoms with Crippen LogP contribution in [0, 0.1) is 5.41 Å². The Morgan fingerprint density at radius 1 is 1.80 bits per heavy atom. The first kappa shape index (κ1) is 7.34. The third-order valence-corrected chi connectivity index (χ3v) is 1.45. The molecule has 1 N–H and O–H groups in total. The summed E-state index contributed by atoms with van der Waals surface area (Å²) < 4.78 is 9.28. The Morgan fingerprint density at radius 2 is 2.40 bits per heavy atom. The second-order valence-corrected chi connectivity index (χ2v) is 2.86. The molecule has 58 valence electrons. The van der Waals surface area contributed by atoms with E-state index >= 15 is 0 Å². The van der Waals surface area contributed by atoms with Crippen molar-refractivity contribution in [3.8, 4) is 0 Å². The summed E-state index contributed by atoms with van der Waals surface area (Å²) in [6.45, 7) is 3.36. The van der Waals surface area contributed by atoms with Crippen molar-refractivity contribution in [2.75, 3.05) is 19.8 Å². The van der Waals surface area contributed by atoms with E-state index in [0.29, 0.717) is 13.2 Å². The van der Waals surface area contributed by atoms with Gasteiger partial charge in [-0.2, -0.15) is 0 Å². The predicted molar refractivity (Wildman–Crippen MR) is 32.9 cm³/mol. The van der Waals surface area contributed by atoms with Crippen molar-refractivity contribution in [1.82, 2.24) is 0 Å². The van der Waals surface area contributed by atoms with Crippen LogP contribution < -0.4 is 0 Å². The van der Waals surface area contributed by atoms with Crippen molar-refractivity contribution in [3.63, 3.8) is 0 Å². The van der Waals surface area contributed by atoms with Gasteiger partial charge in [0.25, 0.3) is 0 Å². The summed E-state index contributed by atoms with van der Waals surface area (Å²) in [6, 6.07) is 0. The molecule has 10 heavy (non-hydrogen) atoms. The van der Waals surface area contributed by atoms with Crippen molar-refractivity contribution >= 4 is 6.16 Å². The lowest BCUT2D eigenvalue weighted by Crippen LogP contribution is -2.43. The second-order valence-electron chi connectivity index (χ2n) is 2.86. The number of hydrogen-bond acceptors (Lipinski definition) is 3. The third kappa shape index (κ3) is 1.60. The van der Waals surface area contributed by atoms with E-state index in [9.17, 15) is 4.79 Å². The van der Waals surface area contributed by atoms with E-state index in [1.165, 1.54) is 0 Å². The van der Waals surface area contributed by atoms with E-state index in [0.717, 1.165) is 0 Å². The molecule has 4 nitrogen and oxygen atoms in total. The van der Waals surface area contributed by atoms with Crippen LogP contribution in [0.3, 0.4) is 0 Å². The van der Waals surface area contributed by atoms with E-state index in [1.54, 1.807) is 0 Å². The molecule has 1 saturated heterocycles. The first-order valence-corrected chi connectivity index (χ1v) is 3.06. The van der Waals surface area contributed by atoms with E-state index < -0.39 is 6.16 Å². The van der Waals surface area contributed by atoms with Gasteiger partial charge in [0.15, 0.2) is 0 Å². The standard InChI is InChI=1S/C6H10O4/c1-6(2-9-3-6)4-10-5(7)8/h2-4H2,1H3,(H,7,8). The van der Waals surface area contributed by atoms with Crippen molar-refractivity contribution < 1.29 is 19.4 Å². The van der Waals surface area contributed by atoms with Gasteiger partial charge in [-0.3, -0.25) is 0 Å². The zero-order chi connectivity index (χ0) is 7.61. The summed E-state index contributed by atoms with van der Waals surface area (Å²) in [5, 5.41) is 8.13. The highest BCUT2D eigenvalue weighted by atomic mass is 16.7. The molecule has 0 aliphatic carbocycles. The summed E-state index contributed by atoms with van der Waals surface area (Å²) in [5.74, 6) is 0. The van der Waals surface area contributed by atoms with Gasteiger partial charge in [-0.15, -0.1) is 0 Å². The molecular formula is C6H10O4. The maximum Gasteiger partial charge on any atom is 0.505 e. The van der Waals surface area contributed by atoms with Crippen LogP contribution in [-0.2, 0) is 9.47 Å². The molecule has 0 aromatic heterocycles. The topological polar surface area (TPSA) is 55.8 Å². The van der Waals surface area contributed by atoms with Crippen LogP contribution in [0.25, 0.3) is 0 Å². The average Bonchev–Trinajstić information content (AvgIpc) is 1.79. The van der Waals surface area contributed by atoms with Crippen LogP contribution in [0.2, 0.25) is 0 Å². The van der Waals surface area contributed by atoms with E-state index in [4.69, 9.17) is 9.84 Å². The van der Waals surface area contributed by atoms with Crippen LogP contribution in [0.5, 0.6) is 0 Å². The predicted octanol–water partition coefficient (Wildman–Crippen LogP) is 0.718. The molecule has 0 saturated carbocycles. The fourth-order valence-corrected chi connectivity index (χ4v) is 0.770. The molecule has 1 fully saturated rings. The van der Waals surface area contributed by atoms with Gasteiger partial charge in [0.05, 0.1) is 13.2 Å². The van der Waals surface area contributed by atoms with Gasteiger partial charge in [0, 0.05) is 5.41 Å². The molecule has 0 unspecified atom stereocenters. The molecule has 0 amide bonds. The first-order chi connectivity index (χ1) is 4.62. The summed E-state index contributed by atoms with van der Waals surface area (Å²) in [6.07, 6.45) is -1.21. The summed E-state index contributed by atoms with van der Waals surface area (Å²) >= 11 is 0. The first-order valence-electron chi connectivity index (χ1n) is 3.06. The molecule has 4 heteroatoms. The van der Waals surface area contributed by atoms with Crippen LogP contribution in [0.15, 0.2) is 0 Å². The molecule has 1 aliphatic rings. The minimum atomic E-state index is -1.21. The Kier molecular flexibility index (Phi) is 1.80. The van der Waals surface area contributed by atoms with Crippen molar-refractivity contribution in [2.45, 2.75) is 6.92 Å². The van der Waals surface area contributed by atoms with Gasteiger partial charge in [-0.1, -0.05) is 6.92 Å². The molecule has 0 spiro atoms. The van der Waals surface area contributed by atoms with Crippen molar-refractivity contribution in [1.29, 1.82) is 0 Å². The monoisotopic (exact) mass is 146 g/mol. The van der Waals surface area contributed by atoms with E-state index in [2.05, 4.69) is 4.74 Å². The lowest BCUT2D eigenvalue weighted by molar-refractivity contribution is -0.129. The molecule has 0 radical (unpaired) electrons. The zero-order valence-electron chi connectivity index (χ0n) is 5.79. The van der Waals surface area contributed by atoms with E-state index in [-0.39, 0.29) is 12.0 Å². The highest BCUT2D eigenvalue weighted by molar-refractivity contribution is 5.56. The molecule has 1 rings (SSSR count). The van der Waals surface area contributed by atoms with Gasteiger partial charge in [-0.25, -0.2) is 4.79 Å². The smallest absolute Gasteiger partial charge is 0.450 e. The fourth-order valence-electron chi connectivity index (χ4n) is 0.770. The van der Waals surface area contributed by atoms with Gasteiger partial charge in [-0.05, 0) is 0 Å². The number of rotatable bonds is 2. The summed E-state index contributed by atoms with van der Waals surface area (Å²) in [7, 11) is 0. The van der Waals surface area contributed by atoms with Gasteiger partial charge in [0.1, 0.15) is 6.61 Å². The largest absolute Gasteiger partial charge is 0.505 e. The molecular weight excluding hydrogens is 136 g/mol. The second kappa shape index (κ2) is 2.46. The lowest BCUT2D eigenvalue weighted by Gasteiger charge is -2.36. The average molecular weight is 146 g/mol. The van der Waals surface area contributed by atoms with Crippen LogP contribution in [-0.4, -0.2) is 31.1 Å². The highest BCUT2D eigenvalue weighted by Gasteiger charge is 2.34. The third-order valence-electron chi connectivity index (χ3n) is 1.45. The fraction of sp³-hybridized carbons (Fsp3) is 0.833. The van der Waals surface area contributed by atoms with Crippen molar-refractivity contribution in [2.24, 2.45) is 5.41 Å². The van der Waals surface area contributed by atoms with Gasteiger partial charge < -0.3 is 14.6 Å². The quantitative estimate of drug-likeness (QED) is 0.583. The van der Waals surface area contributed by atoms with Crippen LogP contribution >= 0.6 is 0 Å². The number of ether oxygens (including phenoxy) is 2. The minimum Gasteiger partial charge on any atom is -0.450 e. The van der Waals surface area contributed by atoms with Gasteiger partial charge in [0.2, 0.25) is 0 Å². The summed E-state index contributed by atoms with van der Waals surface area (Å²) in [4.78, 5) is 9.92. The van der Waals surface area contributed by atoms with Crippen LogP contribution in [0.4, 0.5) is 4.79 Å². The number of carboxylic acid groups (broad SMARTS) is 1. The molecule has 0 aromatic rings. The SMILES string of the molecule is CC1(COC(=O)O)COC1. The Bertz CT molecular complexity index is 139. The number of hydrogen-bond donors (Lipinski definition) is 1.